The molecule has 3 atom stereocenters. The van der Waals surface area contributed by atoms with E-state index in [-0.39, 0.29) is 21.9 Å². The lowest BCUT2D eigenvalue weighted by Crippen LogP contribution is -2.54. The Morgan fingerprint density at radius 1 is 1.14 bits per heavy atom. The molecule has 0 fully saturated rings. The van der Waals surface area contributed by atoms with E-state index in [0.717, 1.165) is 18.6 Å². The number of para-hydroxylation sites is 1. The first-order chi connectivity index (χ1) is 13.3. The van der Waals surface area contributed by atoms with E-state index in [9.17, 15) is 4.21 Å². The van der Waals surface area contributed by atoms with Crippen LogP contribution in [0, 0.1) is 0 Å². The quantitative estimate of drug-likeness (QED) is 0.348. The molecule has 0 aliphatic heterocycles. The minimum atomic E-state index is -2.05. The van der Waals surface area contributed by atoms with Crippen molar-refractivity contribution in [3.05, 3.63) is 43.0 Å². The standard InChI is InChI=1S/C23H41NO3SSi/c1-10-11-17-20(24-28(25)22(2,3)4)21(27-29(8,9)23(5,6)7)18-26-19-15-13-12-14-16-19/h10,12-16,20-21,24H,1,11,17-18H2,2-9H3/t20?,21-,28?/m1/s1. The van der Waals surface area contributed by atoms with Crippen molar-refractivity contribution in [2.75, 3.05) is 6.61 Å². The molecule has 1 rings (SSSR count). The van der Waals surface area contributed by atoms with Crippen LogP contribution in [0.4, 0.5) is 0 Å². The number of allylic oxidation sites excluding steroid dienone is 1. The van der Waals surface area contributed by atoms with E-state index in [4.69, 9.17) is 9.16 Å². The first-order valence-corrected chi connectivity index (χ1v) is 14.5. The summed E-state index contributed by atoms with van der Waals surface area (Å²) in [5.74, 6) is 0.816. The van der Waals surface area contributed by atoms with Crippen LogP contribution in [-0.4, -0.2) is 36.0 Å². The van der Waals surface area contributed by atoms with Gasteiger partial charge in [-0.2, -0.15) is 0 Å². The third-order valence-electron chi connectivity index (χ3n) is 5.35. The second-order valence-corrected chi connectivity index (χ2v) is 16.8. The Morgan fingerprint density at radius 3 is 2.21 bits per heavy atom. The van der Waals surface area contributed by atoms with Gasteiger partial charge in [0.25, 0.3) is 0 Å². The summed E-state index contributed by atoms with van der Waals surface area (Å²) in [6, 6.07) is 9.69. The Kier molecular flexibility index (Phi) is 9.80. The van der Waals surface area contributed by atoms with E-state index in [1.54, 1.807) is 0 Å². The van der Waals surface area contributed by atoms with Crippen LogP contribution in [0.1, 0.15) is 54.4 Å². The molecule has 0 heterocycles. The van der Waals surface area contributed by atoms with Crippen molar-refractivity contribution < 1.29 is 13.4 Å². The highest BCUT2D eigenvalue weighted by molar-refractivity contribution is 7.84. The maximum Gasteiger partial charge on any atom is 0.192 e. The molecule has 1 N–H and O–H groups in total. The second-order valence-electron chi connectivity index (χ2n) is 10.0. The van der Waals surface area contributed by atoms with Crippen LogP contribution in [-0.2, 0) is 15.4 Å². The summed E-state index contributed by atoms with van der Waals surface area (Å²) in [5, 5.41) is 0.0736. The molecule has 0 aromatic heterocycles. The Hall–Kier alpha value is -0.953. The highest BCUT2D eigenvalue weighted by atomic mass is 32.2. The van der Waals surface area contributed by atoms with Crippen molar-refractivity contribution in [2.24, 2.45) is 0 Å². The van der Waals surface area contributed by atoms with E-state index in [2.05, 4.69) is 45.2 Å². The Morgan fingerprint density at radius 2 is 1.72 bits per heavy atom. The lowest BCUT2D eigenvalue weighted by atomic mass is 10.1. The van der Waals surface area contributed by atoms with Gasteiger partial charge in [-0.1, -0.05) is 45.0 Å². The van der Waals surface area contributed by atoms with Crippen molar-refractivity contribution in [2.45, 2.75) is 89.4 Å². The molecule has 0 bridgehead atoms. The molecule has 2 unspecified atom stereocenters. The number of benzene rings is 1. The lowest BCUT2D eigenvalue weighted by Gasteiger charge is -2.41. The fourth-order valence-corrected chi connectivity index (χ4v) is 4.66. The molecule has 0 spiro atoms. The molecule has 29 heavy (non-hydrogen) atoms. The van der Waals surface area contributed by atoms with Gasteiger partial charge in [0.1, 0.15) is 12.4 Å². The average molecular weight is 440 g/mol. The fourth-order valence-electron chi connectivity index (χ4n) is 2.41. The van der Waals surface area contributed by atoms with Gasteiger partial charge in [-0.05, 0) is 63.9 Å². The smallest absolute Gasteiger partial charge is 0.192 e. The van der Waals surface area contributed by atoms with Crippen LogP contribution >= 0.6 is 0 Å². The van der Waals surface area contributed by atoms with Crippen LogP contribution in [0.15, 0.2) is 43.0 Å². The summed E-state index contributed by atoms with van der Waals surface area (Å²) in [6.07, 6.45) is 3.31. The molecule has 6 heteroatoms. The Bertz CT molecular complexity index is 650. The largest absolute Gasteiger partial charge is 0.491 e. The average Bonchev–Trinajstić information content (AvgIpc) is 2.61. The van der Waals surface area contributed by atoms with Gasteiger partial charge in [-0.25, -0.2) is 8.93 Å². The number of rotatable bonds is 11. The summed E-state index contributed by atoms with van der Waals surface area (Å²) < 4.78 is 28.7. The number of nitrogens with one attached hydrogen (secondary N) is 1. The van der Waals surface area contributed by atoms with E-state index in [0.29, 0.717) is 6.61 Å². The van der Waals surface area contributed by atoms with Gasteiger partial charge in [0, 0.05) is 6.04 Å². The molecule has 1 aromatic carbocycles. The van der Waals surface area contributed by atoms with E-state index in [1.165, 1.54) is 0 Å². The van der Waals surface area contributed by atoms with Gasteiger partial charge in [-0.3, -0.25) is 0 Å². The third kappa shape index (κ3) is 8.75. The topological polar surface area (TPSA) is 47.6 Å². The zero-order valence-corrected chi connectivity index (χ0v) is 21.4. The van der Waals surface area contributed by atoms with Gasteiger partial charge in [0.2, 0.25) is 0 Å². The maximum absolute atomic E-state index is 12.9. The molecule has 0 aliphatic rings. The molecule has 0 aliphatic carbocycles. The molecule has 0 saturated heterocycles. The minimum Gasteiger partial charge on any atom is -0.491 e. The summed E-state index contributed by atoms with van der Waals surface area (Å²) in [5.41, 5.74) is 0. The molecular weight excluding hydrogens is 398 g/mol. The van der Waals surface area contributed by atoms with E-state index >= 15 is 0 Å². The molecule has 0 saturated carbocycles. The zero-order chi connectivity index (χ0) is 22.3. The summed E-state index contributed by atoms with van der Waals surface area (Å²) >= 11 is 0. The maximum atomic E-state index is 12.9. The SMILES string of the molecule is C=CCCC(NS(=O)C(C)(C)C)[C@@H](COc1ccccc1)O[Si](C)(C)C(C)(C)C. The lowest BCUT2D eigenvalue weighted by molar-refractivity contribution is 0.0862. The number of hydrogen-bond acceptors (Lipinski definition) is 3. The Labute approximate surface area is 182 Å². The minimum absolute atomic E-state index is 0.0736. The molecule has 166 valence electrons. The van der Waals surface area contributed by atoms with Gasteiger partial charge >= 0.3 is 0 Å². The zero-order valence-electron chi connectivity index (χ0n) is 19.6. The van der Waals surface area contributed by atoms with E-state index in [1.807, 2.05) is 57.2 Å². The van der Waals surface area contributed by atoms with Gasteiger partial charge in [0.15, 0.2) is 8.32 Å². The summed E-state index contributed by atoms with van der Waals surface area (Å²) in [7, 11) is -3.24. The molecule has 0 radical (unpaired) electrons. The fraction of sp³-hybridized carbons (Fsp3) is 0.652. The van der Waals surface area contributed by atoms with Gasteiger partial charge in [0.05, 0.1) is 21.8 Å². The molecular formula is C23H41NO3SSi. The van der Waals surface area contributed by atoms with Crippen LogP contribution in [0.5, 0.6) is 5.75 Å². The monoisotopic (exact) mass is 439 g/mol. The third-order valence-corrected chi connectivity index (χ3v) is 11.5. The first-order valence-electron chi connectivity index (χ1n) is 10.4. The van der Waals surface area contributed by atoms with Gasteiger partial charge in [-0.15, -0.1) is 6.58 Å². The summed E-state index contributed by atoms with van der Waals surface area (Å²) in [6.45, 7) is 21.4. The Balaban J connectivity index is 3.12. The molecule has 1 aromatic rings. The van der Waals surface area contributed by atoms with Crippen LogP contribution in [0.25, 0.3) is 0 Å². The predicted molar refractivity (Wildman–Crippen MR) is 128 cm³/mol. The van der Waals surface area contributed by atoms with Crippen molar-refractivity contribution in [3.8, 4) is 5.75 Å². The van der Waals surface area contributed by atoms with Gasteiger partial charge < -0.3 is 9.16 Å². The first kappa shape index (κ1) is 26.1. The van der Waals surface area contributed by atoms with Crippen molar-refractivity contribution in [1.82, 2.24) is 4.72 Å². The normalized spacial score (nSPS) is 16.1. The number of ether oxygens (including phenoxy) is 1. The van der Waals surface area contributed by atoms with Crippen molar-refractivity contribution in [1.29, 1.82) is 0 Å². The highest BCUT2D eigenvalue weighted by Gasteiger charge is 2.41. The molecule has 0 amide bonds. The van der Waals surface area contributed by atoms with Crippen molar-refractivity contribution in [3.63, 3.8) is 0 Å². The van der Waals surface area contributed by atoms with Crippen LogP contribution in [0.2, 0.25) is 18.1 Å². The highest BCUT2D eigenvalue weighted by Crippen LogP contribution is 2.38. The van der Waals surface area contributed by atoms with Crippen molar-refractivity contribution >= 4 is 19.3 Å². The predicted octanol–water partition coefficient (Wildman–Crippen LogP) is 5.84. The van der Waals surface area contributed by atoms with Crippen LogP contribution in [0.3, 0.4) is 0 Å². The summed E-state index contributed by atoms with van der Waals surface area (Å²) in [4.78, 5) is 0. The van der Waals surface area contributed by atoms with E-state index < -0.39 is 19.3 Å². The van der Waals surface area contributed by atoms with Crippen LogP contribution < -0.4 is 9.46 Å². The second kappa shape index (κ2) is 10.9. The molecule has 4 nitrogen and oxygen atoms in total. The number of hydrogen-bond donors (Lipinski definition) is 1.